The number of hydrogen-bond donors (Lipinski definition) is 1. The Kier molecular flexibility index (Phi) is 2.01. The second kappa shape index (κ2) is 3.05. The second-order valence-corrected chi connectivity index (χ2v) is 4.28. The molecule has 0 aliphatic rings. The van der Waals surface area contributed by atoms with Crippen molar-refractivity contribution in [2.75, 3.05) is 5.73 Å². The minimum absolute atomic E-state index is 0.192. The molecule has 13 heavy (non-hydrogen) atoms. The fourth-order valence-electron chi connectivity index (χ4n) is 1.09. The molecule has 0 saturated carbocycles. The van der Waals surface area contributed by atoms with Crippen LogP contribution in [0.25, 0.3) is 10.6 Å². The third-order valence-corrected chi connectivity index (χ3v) is 2.86. The zero-order valence-electron chi connectivity index (χ0n) is 6.87. The first kappa shape index (κ1) is 8.59. The average molecular weight is 215 g/mol. The van der Waals surface area contributed by atoms with Crippen LogP contribution >= 0.6 is 22.9 Å². The van der Waals surface area contributed by atoms with Crippen LogP contribution in [0.4, 0.5) is 6.01 Å². The molecule has 0 spiro atoms. The van der Waals surface area contributed by atoms with Gasteiger partial charge in [0.25, 0.3) is 6.01 Å². The molecule has 5 heteroatoms. The van der Waals surface area contributed by atoms with Crippen molar-refractivity contribution in [2.45, 2.75) is 6.92 Å². The highest BCUT2D eigenvalue weighted by atomic mass is 35.5. The average Bonchev–Trinajstić information content (AvgIpc) is 2.58. The summed E-state index contributed by atoms with van der Waals surface area (Å²) in [5, 5.41) is 0. The third kappa shape index (κ3) is 1.55. The highest BCUT2D eigenvalue weighted by Gasteiger charge is 2.11. The molecule has 2 heterocycles. The van der Waals surface area contributed by atoms with Gasteiger partial charge in [0, 0.05) is 0 Å². The van der Waals surface area contributed by atoms with Crippen molar-refractivity contribution in [2.24, 2.45) is 0 Å². The summed E-state index contributed by atoms with van der Waals surface area (Å²) in [6, 6.07) is 3.92. The first-order chi connectivity index (χ1) is 6.16. The summed E-state index contributed by atoms with van der Waals surface area (Å²) >= 11 is 7.25. The lowest BCUT2D eigenvalue weighted by molar-refractivity contribution is 0.549. The lowest BCUT2D eigenvalue weighted by atomic mass is 10.3. The van der Waals surface area contributed by atoms with E-state index in [1.165, 1.54) is 11.3 Å². The number of anilines is 1. The number of nitrogens with two attached hydrogens (primary N) is 1. The second-order valence-electron chi connectivity index (χ2n) is 2.56. The van der Waals surface area contributed by atoms with Crippen LogP contribution in [0, 0.1) is 6.92 Å². The molecule has 0 amide bonds. The van der Waals surface area contributed by atoms with Gasteiger partial charge < -0.3 is 10.2 Å². The Morgan fingerprint density at radius 3 is 2.77 bits per heavy atom. The zero-order valence-corrected chi connectivity index (χ0v) is 8.45. The number of nitrogens with zero attached hydrogens (tertiary/aromatic N) is 1. The molecule has 68 valence electrons. The Morgan fingerprint density at radius 1 is 1.54 bits per heavy atom. The smallest absolute Gasteiger partial charge is 0.292 e. The van der Waals surface area contributed by atoms with Gasteiger partial charge in [0.1, 0.15) is 11.5 Å². The fraction of sp³-hybridized carbons (Fsp3) is 0.125. The van der Waals surface area contributed by atoms with Crippen molar-refractivity contribution in [1.82, 2.24) is 4.98 Å². The van der Waals surface area contributed by atoms with Gasteiger partial charge in [-0.05, 0) is 19.1 Å². The van der Waals surface area contributed by atoms with E-state index in [1.807, 2.05) is 19.1 Å². The molecule has 0 atom stereocenters. The van der Waals surface area contributed by atoms with Crippen LogP contribution in [0.1, 0.15) is 5.76 Å². The van der Waals surface area contributed by atoms with Gasteiger partial charge in [0.2, 0.25) is 0 Å². The maximum absolute atomic E-state index is 5.80. The Labute approximate surface area is 84.2 Å². The highest BCUT2D eigenvalue weighted by Crippen LogP contribution is 2.32. The van der Waals surface area contributed by atoms with Gasteiger partial charge in [-0.25, -0.2) is 0 Å². The number of hydrogen-bond acceptors (Lipinski definition) is 4. The molecular weight excluding hydrogens is 208 g/mol. The van der Waals surface area contributed by atoms with Crippen LogP contribution in [0.15, 0.2) is 16.5 Å². The minimum Gasteiger partial charge on any atom is -0.429 e. The molecule has 0 fully saturated rings. The molecule has 3 nitrogen and oxygen atoms in total. The van der Waals surface area contributed by atoms with E-state index in [2.05, 4.69) is 4.98 Å². The standard InChI is InChI=1S/C8H7ClN2OS/c1-4-7(11-8(10)12-4)5-2-3-6(9)13-5/h2-3H,1H3,(H2,10,11). The molecule has 2 N–H and O–H groups in total. The summed E-state index contributed by atoms with van der Waals surface area (Å²) in [6.45, 7) is 1.83. The van der Waals surface area contributed by atoms with E-state index in [9.17, 15) is 0 Å². The zero-order chi connectivity index (χ0) is 9.42. The molecule has 0 saturated heterocycles. The molecule has 0 radical (unpaired) electrons. The quantitative estimate of drug-likeness (QED) is 0.794. The van der Waals surface area contributed by atoms with E-state index in [1.54, 1.807) is 0 Å². The summed E-state index contributed by atoms with van der Waals surface area (Å²) in [7, 11) is 0. The number of aryl methyl sites for hydroxylation is 1. The highest BCUT2D eigenvalue weighted by molar-refractivity contribution is 7.19. The minimum atomic E-state index is 0.192. The molecule has 0 aromatic carbocycles. The van der Waals surface area contributed by atoms with Gasteiger partial charge in [-0.3, -0.25) is 0 Å². The fourth-order valence-corrected chi connectivity index (χ4v) is 2.17. The van der Waals surface area contributed by atoms with Crippen molar-refractivity contribution >= 4 is 29.0 Å². The topological polar surface area (TPSA) is 52.0 Å². The number of aromatic nitrogens is 1. The van der Waals surface area contributed by atoms with E-state index >= 15 is 0 Å². The van der Waals surface area contributed by atoms with Gasteiger partial charge in [-0.1, -0.05) is 11.6 Å². The molecular formula is C8H7ClN2OS. The van der Waals surface area contributed by atoms with E-state index in [-0.39, 0.29) is 6.01 Å². The van der Waals surface area contributed by atoms with Gasteiger partial charge in [0.15, 0.2) is 0 Å². The molecule has 0 bridgehead atoms. The van der Waals surface area contributed by atoms with E-state index in [0.717, 1.165) is 20.7 Å². The number of thiophene rings is 1. The predicted molar refractivity (Wildman–Crippen MR) is 54.0 cm³/mol. The Hall–Kier alpha value is -1.000. The molecule has 0 unspecified atom stereocenters. The molecule has 2 aromatic rings. The van der Waals surface area contributed by atoms with Crippen LogP contribution in [0.3, 0.4) is 0 Å². The first-order valence-electron chi connectivity index (χ1n) is 3.65. The summed E-state index contributed by atoms with van der Waals surface area (Å²) in [5.74, 6) is 0.719. The largest absolute Gasteiger partial charge is 0.429 e. The SMILES string of the molecule is Cc1oc(N)nc1-c1ccc(Cl)s1. The van der Waals surface area contributed by atoms with Gasteiger partial charge in [0.05, 0.1) is 9.21 Å². The number of oxazole rings is 1. The van der Waals surface area contributed by atoms with Gasteiger partial charge in [-0.15, -0.1) is 11.3 Å². The monoisotopic (exact) mass is 214 g/mol. The summed E-state index contributed by atoms with van der Waals surface area (Å²) in [5.41, 5.74) is 6.19. The lowest BCUT2D eigenvalue weighted by Crippen LogP contribution is -1.81. The Morgan fingerprint density at radius 2 is 2.31 bits per heavy atom. The Bertz CT molecular complexity index is 435. The predicted octanol–water partition coefficient (Wildman–Crippen LogP) is 2.95. The van der Waals surface area contributed by atoms with E-state index < -0.39 is 0 Å². The number of halogens is 1. The number of nitrogen functional groups attached to an aromatic ring is 1. The lowest BCUT2D eigenvalue weighted by Gasteiger charge is -1.88. The van der Waals surface area contributed by atoms with E-state index in [0.29, 0.717) is 0 Å². The maximum atomic E-state index is 5.80. The summed E-state index contributed by atoms with van der Waals surface area (Å²) < 4.78 is 5.84. The van der Waals surface area contributed by atoms with Crippen molar-refractivity contribution in [1.29, 1.82) is 0 Å². The molecule has 0 aliphatic carbocycles. The van der Waals surface area contributed by atoms with Crippen LogP contribution in [0.5, 0.6) is 0 Å². The summed E-state index contributed by atoms with van der Waals surface area (Å²) in [6.07, 6.45) is 0. The maximum Gasteiger partial charge on any atom is 0.292 e. The third-order valence-electron chi connectivity index (χ3n) is 1.62. The normalized spacial score (nSPS) is 10.6. The van der Waals surface area contributed by atoms with Crippen molar-refractivity contribution in [3.05, 3.63) is 22.2 Å². The Balaban J connectivity index is 2.51. The van der Waals surface area contributed by atoms with Crippen LogP contribution in [-0.2, 0) is 0 Å². The van der Waals surface area contributed by atoms with E-state index in [4.69, 9.17) is 21.8 Å². The van der Waals surface area contributed by atoms with Crippen LogP contribution < -0.4 is 5.73 Å². The van der Waals surface area contributed by atoms with Gasteiger partial charge >= 0.3 is 0 Å². The van der Waals surface area contributed by atoms with Crippen molar-refractivity contribution in [3.8, 4) is 10.6 Å². The summed E-state index contributed by atoms with van der Waals surface area (Å²) in [4.78, 5) is 5.03. The van der Waals surface area contributed by atoms with Crippen LogP contribution in [0.2, 0.25) is 4.34 Å². The van der Waals surface area contributed by atoms with Crippen LogP contribution in [-0.4, -0.2) is 4.98 Å². The molecule has 0 aliphatic heterocycles. The molecule has 2 aromatic heterocycles. The number of rotatable bonds is 1. The first-order valence-corrected chi connectivity index (χ1v) is 4.85. The van der Waals surface area contributed by atoms with Crippen molar-refractivity contribution < 1.29 is 4.42 Å². The molecule has 2 rings (SSSR count). The van der Waals surface area contributed by atoms with Crippen molar-refractivity contribution in [3.63, 3.8) is 0 Å². The van der Waals surface area contributed by atoms with Gasteiger partial charge in [-0.2, -0.15) is 4.98 Å².